The Morgan fingerprint density at radius 2 is 2.19 bits per heavy atom. The summed E-state index contributed by atoms with van der Waals surface area (Å²) in [5.74, 6) is 0.244. The van der Waals surface area contributed by atoms with Crippen LogP contribution in [0.5, 0.6) is 0 Å². The van der Waals surface area contributed by atoms with E-state index in [2.05, 4.69) is 12.1 Å². The largest absolute Gasteiger partial charge is 0.444 e. The van der Waals surface area contributed by atoms with E-state index < -0.39 is 5.60 Å². The van der Waals surface area contributed by atoms with Gasteiger partial charge in [-0.05, 0) is 62.3 Å². The van der Waals surface area contributed by atoms with Crippen LogP contribution < -0.4 is 0 Å². The van der Waals surface area contributed by atoms with Gasteiger partial charge < -0.3 is 19.2 Å². The van der Waals surface area contributed by atoms with Crippen LogP contribution in [0.25, 0.3) is 0 Å². The lowest BCUT2D eigenvalue weighted by Crippen LogP contribution is -2.37. The topological polar surface area (TPSA) is 57.2 Å². The molecule has 2 atom stereocenters. The van der Waals surface area contributed by atoms with Crippen LogP contribution in [0.4, 0.5) is 4.79 Å². The molecule has 3 aliphatic heterocycles. The van der Waals surface area contributed by atoms with Crippen molar-refractivity contribution in [3.63, 3.8) is 0 Å². The van der Waals surface area contributed by atoms with Crippen molar-refractivity contribution in [3.05, 3.63) is 34.4 Å². The van der Waals surface area contributed by atoms with Crippen LogP contribution in [-0.2, 0) is 32.2 Å². The molecule has 3 heterocycles. The van der Waals surface area contributed by atoms with Gasteiger partial charge in [0.1, 0.15) is 5.60 Å². The van der Waals surface area contributed by atoms with Gasteiger partial charge in [-0.25, -0.2) is 4.79 Å². The summed E-state index contributed by atoms with van der Waals surface area (Å²) in [5, 5.41) is 0. The fourth-order valence-corrected chi connectivity index (χ4v) is 4.20. The zero-order valence-electron chi connectivity index (χ0n) is 16.5. The number of benzene rings is 1. The third kappa shape index (κ3) is 4.00. The molecule has 7 heteroatoms. The lowest BCUT2D eigenvalue weighted by atomic mass is 9.74. The molecule has 27 heavy (non-hydrogen) atoms. The highest BCUT2D eigenvalue weighted by Gasteiger charge is 2.36. The second kappa shape index (κ2) is 7.45. The summed E-state index contributed by atoms with van der Waals surface area (Å²) >= 11 is 0. The molecule has 0 bridgehead atoms. The van der Waals surface area contributed by atoms with Crippen molar-refractivity contribution >= 4 is 13.6 Å². The maximum absolute atomic E-state index is 12.8. The summed E-state index contributed by atoms with van der Waals surface area (Å²) in [4.78, 5) is 24.9. The van der Waals surface area contributed by atoms with Crippen LogP contribution in [-0.4, -0.2) is 43.8 Å². The number of hydrogen-bond donors (Lipinski definition) is 0. The Bertz CT molecular complexity index is 711. The Morgan fingerprint density at radius 1 is 1.33 bits per heavy atom. The normalized spacial score (nSPS) is 25.2. The summed E-state index contributed by atoms with van der Waals surface area (Å²) in [6, 6.07) is 4.55. The molecule has 3 aliphatic rings. The van der Waals surface area contributed by atoms with E-state index in [0.717, 1.165) is 32.4 Å². The first-order chi connectivity index (χ1) is 12.9. The van der Waals surface area contributed by atoms with Crippen molar-refractivity contribution < 1.29 is 24.0 Å². The Balaban J connectivity index is 1.68. The number of rotatable bonds is 2. The number of carbonyl (C=O) groups is 1. The standard InChI is InChI=1S/C20H28BNO5/c1-20(2,3)26-19(23)22-7-4-5-18(22)15-10-14(17-12-25-27-21-17)9-13-6-8-24-11-16(13)15/h9-10,17-18,21H,4-8,11-12H2,1-3H3/t17?,18-/m0/s1. The van der Waals surface area contributed by atoms with Crippen molar-refractivity contribution in [3.8, 4) is 0 Å². The van der Waals surface area contributed by atoms with Gasteiger partial charge in [-0.2, -0.15) is 0 Å². The van der Waals surface area contributed by atoms with Gasteiger partial charge in [0.05, 0.1) is 25.9 Å². The van der Waals surface area contributed by atoms with Crippen LogP contribution in [0.2, 0.25) is 0 Å². The summed E-state index contributed by atoms with van der Waals surface area (Å²) in [6.07, 6.45) is 2.61. The third-order valence-corrected chi connectivity index (χ3v) is 5.49. The highest BCUT2D eigenvalue weighted by molar-refractivity contribution is 6.30. The first-order valence-corrected chi connectivity index (χ1v) is 9.90. The molecule has 4 rings (SSSR count). The van der Waals surface area contributed by atoms with Gasteiger partial charge in [0.15, 0.2) is 0 Å². The van der Waals surface area contributed by atoms with E-state index >= 15 is 0 Å². The van der Waals surface area contributed by atoms with Crippen LogP contribution in [0.1, 0.15) is 67.7 Å². The Labute approximate surface area is 161 Å². The molecule has 0 aliphatic carbocycles. The molecular weight excluding hydrogens is 345 g/mol. The van der Waals surface area contributed by atoms with Gasteiger partial charge in [-0.1, -0.05) is 12.1 Å². The first-order valence-electron chi connectivity index (χ1n) is 9.90. The fourth-order valence-electron chi connectivity index (χ4n) is 4.20. The lowest BCUT2D eigenvalue weighted by molar-refractivity contribution is -0.183. The van der Waals surface area contributed by atoms with E-state index in [1.165, 1.54) is 22.3 Å². The molecule has 0 spiro atoms. The van der Waals surface area contributed by atoms with E-state index in [-0.39, 0.29) is 18.0 Å². The van der Waals surface area contributed by atoms with Crippen molar-refractivity contribution in [1.29, 1.82) is 0 Å². The second-order valence-electron chi connectivity index (χ2n) is 8.65. The molecule has 1 amide bonds. The first kappa shape index (κ1) is 18.8. The number of amides is 1. The van der Waals surface area contributed by atoms with E-state index in [4.69, 9.17) is 19.2 Å². The van der Waals surface area contributed by atoms with E-state index in [9.17, 15) is 4.79 Å². The van der Waals surface area contributed by atoms with Crippen LogP contribution >= 0.6 is 0 Å². The van der Waals surface area contributed by atoms with Crippen LogP contribution in [0, 0.1) is 0 Å². The maximum Gasteiger partial charge on any atom is 0.410 e. The predicted molar refractivity (Wildman–Crippen MR) is 102 cm³/mol. The average molecular weight is 373 g/mol. The summed E-state index contributed by atoms with van der Waals surface area (Å²) in [5.41, 5.74) is 4.52. The quantitative estimate of drug-likeness (QED) is 0.589. The van der Waals surface area contributed by atoms with E-state index in [0.29, 0.717) is 20.7 Å². The molecule has 1 aromatic rings. The fraction of sp³-hybridized carbons (Fsp3) is 0.650. The van der Waals surface area contributed by atoms with Gasteiger partial charge in [0, 0.05) is 12.4 Å². The number of fused-ring (bicyclic) bond motifs is 1. The molecule has 0 radical (unpaired) electrons. The minimum atomic E-state index is -0.493. The zero-order chi connectivity index (χ0) is 19.0. The molecule has 146 valence electrons. The van der Waals surface area contributed by atoms with Crippen molar-refractivity contribution in [2.45, 2.75) is 64.1 Å². The second-order valence-corrected chi connectivity index (χ2v) is 8.65. The predicted octanol–water partition coefficient (Wildman–Crippen LogP) is 3.19. The SMILES string of the molecule is CC(C)(C)OC(=O)N1CCC[C@H]1c1cc(C2BOOC2)cc2c1COCC2. The zero-order valence-corrected chi connectivity index (χ0v) is 16.5. The molecule has 2 fully saturated rings. The molecule has 1 aromatic carbocycles. The summed E-state index contributed by atoms with van der Waals surface area (Å²) in [6.45, 7) is 8.39. The molecule has 1 unspecified atom stereocenters. The van der Waals surface area contributed by atoms with Gasteiger partial charge in [-0.3, -0.25) is 4.89 Å². The molecular formula is C20H28BNO5. The molecule has 6 nitrogen and oxygen atoms in total. The Morgan fingerprint density at radius 3 is 2.93 bits per heavy atom. The maximum atomic E-state index is 12.8. The van der Waals surface area contributed by atoms with E-state index in [1.54, 1.807) is 0 Å². The lowest BCUT2D eigenvalue weighted by Gasteiger charge is -2.32. The molecule has 0 N–H and O–H groups in total. The molecule has 0 saturated carbocycles. The van der Waals surface area contributed by atoms with Gasteiger partial charge in [0.2, 0.25) is 0 Å². The highest BCUT2D eigenvalue weighted by atomic mass is 17.2. The van der Waals surface area contributed by atoms with Gasteiger partial charge >= 0.3 is 13.6 Å². The third-order valence-electron chi connectivity index (χ3n) is 5.49. The van der Waals surface area contributed by atoms with Gasteiger partial charge in [0.25, 0.3) is 0 Å². The average Bonchev–Trinajstić information content (AvgIpc) is 3.31. The van der Waals surface area contributed by atoms with Crippen molar-refractivity contribution in [1.82, 2.24) is 4.90 Å². The van der Waals surface area contributed by atoms with Gasteiger partial charge in [-0.15, -0.1) is 0 Å². The number of carbonyl (C=O) groups excluding carboxylic acids is 1. The van der Waals surface area contributed by atoms with Crippen molar-refractivity contribution in [2.24, 2.45) is 0 Å². The highest BCUT2D eigenvalue weighted by Crippen LogP contribution is 2.39. The molecule has 0 aromatic heterocycles. The summed E-state index contributed by atoms with van der Waals surface area (Å²) < 4.78 is 11.4. The van der Waals surface area contributed by atoms with Crippen molar-refractivity contribution in [2.75, 3.05) is 19.8 Å². The number of likely N-dealkylation sites (tertiary alicyclic amines) is 1. The Hall–Kier alpha value is -1.57. The number of nitrogens with zero attached hydrogens (tertiary/aromatic N) is 1. The Kier molecular flexibility index (Phi) is 5.18. The minimum absolute atomic E-state index is 0.0403. The minimum Gasteiger partial charge on any atom is -0.444 e. The van der Waals surface area contributed by atoms with Crippen LogP contribution in [0.3, 0.4) is 0 Å². The smallest absolute Gasteiger partial charge is 0.410 e. The monoisotopic (exact) mass is 373 g/mol. The number of hydrogen-bond acceptors (Lipinski definition) is 5. The van der Waals surface area contributed by atoms with Crippen LogP contribution in [0.15, 0.2) is 12.1 Å². The van der Waals surface area contributed by atoms with E-state index in [1.807, 2.05) is 25.7 Å². The molecule has 2 saturated heterocycles. The summed E-state index contributed by atoms with van der Waals surface area (Å²) in [7, 11) is 0.579. The number of ether oxygens (including phenoxy) is 2.